The standard InChI is InChI=1S/C33H37N9O4/c1-3-8-28(11-7-14-35-31-37-17-25(15-34)30(41-31)40-27-21-45-22-27)42(33(43)46-20-23-9-5-4-6-10-23)29-13-12-24(16-36-29)26-18-38-32(44-2)39-19-26/h4-6,9-10,12-13,16-19,27-28H,3,7-8,11,14,20-22H2,1-2H3,(H2,35,37,40,41)/t28-/m0/s1. The number of carbonyl (C=O) groups excluding carboxylic acids is 1. The number of benzene rings is 1. The van der Waals surface area contributed by atoms with Gasteiger partial charge in [0.25, 0.3) is 0 Å². The first-order valence-corrected chi connectivity index (χ1v) is 15.3. The summed E-state index contributed by atoms with van der Waals surface area (Å²) in [4.78, 5) is 37.2. The second-order valence-corrected chi connectivity index (χ2v) is 10.7. The molecule has 1 amide bonds. The van der Waals surface area contributed by atoms with E-state index in [1.54, 1.807) is 23.5 Å². The van der Waals surface area contributed by atoms with E-state index < -0.39 is 6.09 Å². The fraction of sp³-hybridized carbons (Fsp3) is 0.364. The van der Waals surface area contributed by atoms with E-state index in [9.17, 15) is 10.1 Å². The minimum Gasteiger partial charge on any atom is -0.467 e. The summed E-state index contributed by atoms with van der Waals surface area (Å²) in [6, 6.07) is 15.7. The van der Waals surface area contributed by atoms with E-state index >= 15 is 0 Å². The average molecular weight is 624 g/mol. The first-order valence-electron chi connectivity index (χ1n) is 15.3. The van der Waals surface area contributed by atoms with Gasteiger partial charge in [-0.2, -0.15) is 10.2 Å². The number of ether oxygens (including phenoxy) is 3. The normalized spacial score (nSPS) is 13.2. The number of nitrogens with zero attached hydrogens (tertiary/aromatic N) is 7. The monoisotopic (exact) mass is 623 g/mol. The topological polar surface area (TPSA) is 160 Å². The van der Waals surface area contributed by atoms with E-state index in [0.29, 0.717) is 49.3 Å². The molecule has 4 heterocycles. The number of methoxy groups -OCH3 is 1. The molecule has 0 unspecified atom stereocenters. The molecule has 0 saturated carbocycles. The molecule has 1 aliphatic heterocycles. The van der Waals surface area contributed by atoms with Crippen LogP contribution < -0.4 is 20.3 Å². The molecular weight excluding hydrogens is 586 g/mol. The molecule has 3 aromatic heterocycles. The van der Waals surface area contributed by atoms with Crippen LogP contribution >= 0.6 is 0 Å². The average Bonchev–Trinajstić information content (AvgIpc) is 3.08. The fourth-order valence-electron chi connectivity index (χ4n) is 4.93. The highest BCUT2D eigenvalue weighted by Gasteiger charge is 2.27. The van der Waals surface area contributed by atoms with Crippen LogP contribution in [0.5, 0.6) is 6.01 Å². The number of anilines is 3. The summed E-state index contributed by atoms with van der Waals surface area (Å²) in [6.45, 7) is 3.96. The lowest BCUT2D eigenvalue weighted by atomic mass is 10.0. The largest absolute Gasteiger partial charge is 0.467 e. The van der Waals surface area contributed by atoms with Crippen molar-refractivity contribution in [2.75, 3.05) is 42.4 Å². The number of pyridine rings is 1. The maximum Gasteiger partial charge on any atom is 0.416 e. The zero-order valence-corrected chi connectivity index (χ0v) is 25.9. The summed E-state index contributed by atoms with van der Waals surface area (Å²) in [5, 5.41) is 15.9. The van der Waals surface area contributed by atoms with Crippen molar-refractivity contribution in [2.24, 2.45) is 0 Å². The Hall–Kier alpha value is -5.35. The van der Waals surface area contributed by atoms with E-state index in [1.165, 1.54) is 13.3 Å². The van der Waals surface area contributed by atoms with Crippen LogP contribution in [-0.2, 0) is 16.1 Å². The van der Waals surface area contributed by atoms with E-state index in [4.69, 9.17) is 14.2 Å². The lowest BCUT2D eigenvalue weighted by Gasteiger charge is -2.30. The Labute approximate surface area is 268 Å². The van der Waals surface area contributed by atoms with Gasteiger partial charge in [0.05, 0.1) is 32.6 Å². The number of rotatable bonds is 15. The number of nitriles is 1. The quantitative estimate of drug-likeness (QED) is 0.166. The molecule has 4 aromatic rings. The molecule has 0 aliphatic carbocycles. The molecular formula is C33H37N9O4. The van der Waals surface area contributed by atoms with Gasteiger partial charge in [-0.1, -0.05) is 43.7 Å². The van der Waals surface area contributed by atoms with Crippen LogP contribution in [0.25, 0.3) is 11.1 Å². The van der Waals surface area contributed by atoms with Gasteiger partial charge in [0, 0.05) is 42.3 Å². The van der Waals surface area contributed by atoms with Gasteiger partial charge in [-0.15, -0.1) is 0 Å². The molecule has 0 spiro atoms. The Morgan fingerprint density at radius 3 is 2.48 bits per heavy atom. The number of amides is 1. The minimum atomic E-state index is -0.464. The second-order valence-electron chi connectivity index (χ2n) is 10.7. The first kappa shape index (κ1) is 32.1. The summed E-state index contributed by atoms with van der Waals surface area (Å²) in [7, 11) is 1.51. The Kier molecular flexibility index (Phi) is 11.2. The van der Waals surface area contributed by atoms with Gasteiger partial charge in [-0.25, -0.2) is 24.7 Å². The smallest absolute Gasteiger partial charge is 0.416 e. The Morgan fingerprint density at radius 2 is 1.83 bits per heavy atom. The first-order chi connectivity index (χ1) is 22.6. The molecule has 238 valence electrons. The highest BCUT2D eigenvalue weighted by Crippen LogP contribution is 2.26. The molecule has 13 heteroatoms. The maximum absolute atomic E-state index is 13.7. The molecule has 46 heavy (non-hydrogen) atoms. The zero-order valence-electron chi connectivity index (χ0n) is 25.9. The van der Waals surface area contributed by atoms with Crippen LogP contribution in [0.4, 0.5) is 22.4 Å². The van der Waals surface area contributed by atoms with Crippen molar-refractivity contribution in [1.82, 2.24) is 24.9 Å². The molecule has 0 radical (unpaired) electrons. The summed E-state index contributed by atoms with van der Waals surface area (Å²) >= 11 is 0. The fourth-order valence-corrected chi connectivity index (χ4v) is 4.93. The number of carbonyl (C=O) groups is 1. The van der Waals surface area contributed by atoms with Crippen molar-refractivity contribution in [3.05, 3.63) is 78.4 Å². The van der Waals surface area contributed by atoms with E-state index in [2.05, 4.69) is 48.5 Å². The molecule has 1 aromatic carbocycles. The van der Waals surface area contributed by atoms with Crippen LogP contribution in [0.3, 0.4) is 0 Å². The summed E-state index contributed by atoms with van der Waals surface area (Å²) in [6.07, 6.45) is 9.09. The van der Waals surface area contributed by atoms with Gasteiger partial charge >= 0.3 is 12.1 Å². The van der Waals surface area contributed by atoms with E-state index in [0.717, 1.165) is 36.0 Å². The molecule has 5 rings (SSSR count). The van der Waals surface area contributed by atoms with Crippen molar-refractivity contribution in [3.8, 4) is 23.2 Å². The molecule has 0 bridgehead atoms. The van der Waals surface area contributed by atoms with E-state index in [-0.39, 0.29) is 24.7 Å². The summed E-state index contributed by atoms with van der Waals surface area (Å²) in [5.41, 5.74) is 2.86. The zero-order chi connectivity index (χ0) is 32.1. The Bertz CT molecular complexity index is 1590. The molecule has 2 N–H and O–H groups in total. The van der Waals surface area contributed by atoms with Crippen molar-refractivity contribution in [3.63, 3.8) is 0 Å². The van der Waals surface area contributed by atoms with Gasteiger partial charge in [-0.05, 0) is 37.0 Å². The molecule has 13 nitrogen and oxygen atoms in total. The third-order valence-electron chi connectivity index (χ3n) is 7.41. The maximum atomic E-state index is 13.7. The van der Waals surface area contributed by atoms with Crippen LogP contribution in [0.1, 0.15) is 43.7 Å². The van der Waals surface area contributed by atoms with Gasteiger partial charge < -0.3 is 24.8 Å². The lowest BCUT2D eigenvalue weighted by molar-refractivity contribution is 0.0209. The Balaban J connectivity index is 1.29. The summed E-state index contributed by atoms with van der Waals surface area (Å²) in [5.74, 6) is 1.40. The number of hydrogen-bond acceptors (Lipinski definition) is 12. The minimum absolute atomic E-state index is 0.129. The highest BCUT2D eigenvalue weighted by atomic mass is 16.6. The number of aromatic nitrogens is 5. The van der Waals surface area contributed by atoms with Crippen LogP contribution in [0.2, 0.25) is 0 Å². The van der Waals surface area contributed by atoms with Gasteiger partial charge in [0.15, 0.2) is 0 Å². The molecule has 1 saturated heterocycles. The van der Waals surface area contributed by atoms with Crippen molar-refractivity contribution in [2.45, 2.75) is 51.3 Å². The van der Waals surface area contributed by atoms with E-state index in [1.807, 2.05) is 42.5 Å². The third kappa shape index (κ3) is 8.42. The predicted octanol–water partition coefficient (Wildman–Crippen LogP) is 5.22. The van der Waals surface area contributed by atoms with Gasteiger partial charge in [0.2, 0.25) is 5.95 Å². The van der Waals surface area contributed by atoms with Crippen molar-refractivity contribution in [1.29, 1.82) is 5.26 Å². The highest BCUT2D eigenvalue weighted by molar-refractivity contribution is 5.87. The van der Waals surface area contributed by atoms with Crippen LogP contribution in [0.15, 0.2) is 67.3 Å². The lowest BCUT2D eigenvalue weighted by Crippen LogP contribution is -2.41. The SMILES string of the molecule is CCC[C@@H](CCCNc1ncc(C#N)c(NC2COC2)n1)N(C(=O)OCc1ccccc1)c1ccc(-c2cnc(OC)nc2)cn1. The van der Waals surface area contributed by atoms with Crippen molar-refractivity contribution < 1.29 is 19.0 Å². The van der Waals surface area contributed by atoms with Crippen LogP contribution in [0, 0.1) is 11.3 Å². The number of nitrogens with one attached hydrogen (secondary N) is 2. The van der Waals surface area contributed by atoms with Gasteiger partial charge in [0.1, 0.15) is 29.9 Å². The third-order valence-corrected chi connectivity index (χ3v) is 7.41. The summed E-state index contributed by atoms with van der Waals surface area (Å²) < 4.78 is 16.1. The second kappa shape index (κ2) is 16.1. The number of hydrogen-bond donors (Lipinski definition) is 2. The predicted molar refractivity (Wildman–Crippen MR) is 172 cm³/mol. The van der Waals surface area contributed by atoms with Crippen molar-refractivity contribution >= 4 is 23.7 Å². The Morgan fingerprint density at radius 1 is 1.04 bits per heavy atom. The van der Waals surface area contributed by atoms with Crippen LogP contribution in [-0.4, -0.2) is 70.0 Å². The molecule has 1 fully saturated rings. The molecule has 1 atom stereocenters. The molecule has 1 aliphatic rings. The van der Waals surface area contributed by atoms with Gasteiger partial charge in [-0.3, -0.25) is 4.90 Å².